The van der Waals surface area contributed by atoms with E-state index in [9.17, 15) is 14.7 Å². The minimum absolute atomic E-state index is 0.103. The van der Waals surface area contributed by atoms with E-state index in [1.165, 1.54) is 4.90 Å². The molecule has 0 aliphatic carbocycles. The normalized spacial score (nSPS) is 16.1. The maximum absolute atomic E-state index is 13.2. The predicted molar refractivity (Wildman–Crippen MR) is 127 cm³/mol. The third-order valence-corrected chi connectivity index (χ3v) is 5.77. The van der Waals surface area contributed by atoms with Crippen molar-refractivity contribution in [1.82, 2.24) is 0 Å². The van der Waals surface area contributed by atoms with Gasteiger partial charge < -0.3 is 14.7 Å². The monoisotopic (exact) mass is 436 g/mol. The molecule has 3 rings (SSSR count). The van der Waals surface area contributed by atoms with Crippen molar-refractivity contribution < 1.29 is 19.4 Å². The lowest BCUT2D eigenvalue weighted by Gasteiger charge is -2.28. The zero-order valence-electron chi connectivity index (χ0n) is 19.5. The summed E-state index contributed by atoms with van der Waals surface area (Å²) in [6.07, 6.45) is 0.252. The third-order valence-electron chi connectivity index (χ3n) is 5.77. The van der Waals surface area contributed by atoms with Crippen LogP contribution in [-0.2, 0) is 9.59 Å². The van der Waals surface area contributed by atoms with E-state index in [2.05, 4.69) is 18.7 Å². The zero-order valence-corrected chi connectivity index (χ0v) is 19.5. The maximum atomic E-state index is 13.2. The second kappa shape index (κ2) is 9.90. The smallest absolute Gasteiger partial charge is 0.294 e. The van der Waals surface area contributed by atoms with Crippen LogP contribution in [0.15, 0.2) is 59.9 Å². The van der Waals surface area contributed by atoms with Crippen LogP contribution >= 0.6 is 0 Å². The molecule has 0 fully saturated rings. The molecule has 170 valence electrons. The average Bonchev–Trinajstić information content (AvgIpc) is 3.05. The SMILES string of the molecule is CCN(CC)c1ccc(N2C(=O)C(O)=C(C(=O)CC(C)C)C2c2cccc(OC)c2)cc1. The predicted octanol–water partition coefficient (Wildman–Crippen LogP) is 5.06. The van der Waals surface area contributed by atoms with Crippen LogP contribution in [0.4, 0.5) is 11.4 Å². The van der Waals surface area contributed by atoms with Gasteiger partial charge in [-0.3, -0.25) is 14.5 Å². The highest BCUT2D eigenvalue weighted by atomic mass is 16.5. The van der Waals surface area contributed by atoms with Crippen molar-refractivity contribution in [1.29, 1.82) is 0 Å². The zero-order chi connectivity index (χ0) is 23.4. The second-order valence-corrected chi connectivity index (χ2v) is 8.33. The van der Waals surface area contributed by atoms with Gasteiger partial charge in [0.25, 0.3) is 5.91 Å². The number of hydrogen-bond donors (Lipinski definition) is 1. The molecule has 32 heavy (non-hydrogen) atoms. The first-order valence-electron chi connectivity index (χ1n) is 11.1. The van der Waals surface area contributed by atoms with Gasteiger partial charge >= 0.3 is 0 Å². The number of amides is 1. The second-order valence-electron chi connectivity index (χ2n) is 8.33. The van der Waals surface area contributed by atoms with Crippen LogP contribution < -0.4 is 14.5 Å². The van der Waals surface area contributed by atoms with Gasteiger partial charge in [0.1, 0.15) is 5.75 Å². The van der Waals surface area contributed by atoms with Crippen LogP contribution in [-0.4, -0.2) is 37.0 Å². The summed E-state index contributed by atoms with van der Waals surface area (Å²) in [6, 6.07) is 14.2. The van der Waals surface area contributed by atoms with Crippen LogP contribution in [0.2, 0.25) is 0 Å². The number of anilines is 2. The lowest BCUT2D eigenvalue weighted by molar-refractivity contribution is -0.118. The van der Waals surface area contributed by atoms with Gasteiger partial charge in [-0.15, -0.1) is 0 Å². The lowest BCUT2D eigenvalue weighted by atomic mass is 9.92. The van der Waals surface area contributed by atoms with E-state index in [1.54, 1.807) is 13.2 Å². The van der Waals surface area contributed by atoms with E-state index in [0.29, 0.717) is 17.0 Å². The number of methoxy groups -OCH3 is 1. The van der Waals surface area contributed by atoms with Crippen molar-refractivity contribution in [3.8, 4) is 5.75 Å². The fraction of sp³-hybridized carbons (Fsp3) is 0.385. The molecule has 0 spiro atoms. The summed E-state index contributed by atoms with van der Waals surface area (Å²) in [6.45, 7) is 9.82. The van der Waals surface area contributed by atoms with Gasteiger partial charge in [-0.25, -0.2) is 0 Å². The van der Waals surface area contributed by atoms with E-state index < -0.39 is 17.7 Å². The molecule has 6 heteroatoms. The molecular weight excluding hydrogens is 404 g/mol. The minimum Gasteiger partial charge on any atom is -0.503 e. The van der Waals surface area contributed by atoms with Gasteiger partial charge in [-0.2, -0.15) is 0 Å². The standard InChI is InChI=1S/C26H32N2O4/c1-6-27(7-2)19-11-13-20(14-12-19)28-24(18-9-8-10-21(16-18)32-5)23(25(30)26(28)31)22(29)15-17(3)4/h8-14,16-17,24,30H,6-7,15H2,1-5H3. The highest BCUT2D eigenvalue weighted by Crippen LogP contribution is 2.42. The van der Waals surface area contributed by atoms with Crippen LogP contribution in [0.5, 0.6) is 5.75 Å². The number of Topliss-reactive ketones (excluding diaryl/α,β-unsaturated/α-hetero) is 1. The molecule has 1 unspecified atom stereocenters. The van der Waals surface area contributed by atoms with Crippen molar-refractivity contribution in [3.05, 3.63) is 65.4 Å². The summed E-state index contributed by atoms with van der Waals surface area (Å²) in [5.41, 5.74) is 2.53. The summed E-state index contributed by atoms with van der Waals surface area (Å²) >= 11 is 0. The average molecular weight is 437 g/mol. The number of rotatable bonds is 9. The number of carbonyl (C=O) groups excluding carboxylic acids is 2. The van der Waals surface area contributed by atoms with Crippen molar-refractivity contribution in [3.63, 3.8) is 0 Å². The fourth-order valence-corrected chi connectivity index (χ4v) is 4.18. The topological polar surface area (TPSA) is 70.1 Å². The number of nitrogens with zero attached hydrogens (tertiary/aromatic N) is 2. The quantitative estimate of drug-likeness (QED) is 0.595. The Kier molecular flexibility index (Phi) is 7.23. The molecule has 0 saturated carbocycles. The molecular formula is C26H32N2O4. The molecule has 0 aromatic heterocycles. The molecule has 0 radical (unpaired) electrons. The van der Waals surface area contributed by atoms with Crippen molar-refractivity contribution in [2.45, 2.75) is 40.2 Å². The Bertz CT molecular complexity index is 1010. The molecule has 1 amide bonds. The first-order valence-corrected chi connectivity index (χ1v) is 11.1. The highest BCUT2D eigenvalue weighted by molar-refractivity contribution is 6.16. The van der Waals surface area contributed by atoms with Gasteiger partial charge in [-0.1, -0.05) is 26.0 Å². The van der Waals surface area contributed by atoms with Gasteiger partial charge in [0, 0.05) is 30.9 Å². The van der Waals surface area contributed by atoms with E-state index >= 15 is 0 Å². The van der Waals surface area contributed by atoms with Gasteiger partial charge in [0.15, 0.2) is 11.5 Å². The number of ether oxygens (including phenoxy) is 1. The van der Waals surface area contributed by atoms with E-state index in [-0.39, 0.29) is 23.7 Å². The Hall–Kier alpha value is -3.28. The number of aliphatic hydroxyl groups excluding tert-OH is 1. The molecule has 1 atom stereocenters. The highest BCUT2D eigenvalue weighted by Gasteiger charge is 2.44. The Morgan fingerprint density at radius 2 is 1.78 bits per heavy atom. The Morgan fingerprint density at radius 3 is 2.34 bits per heavy atom. The Balaban J connectivity index is 2.10. The summed E-state index contributed by atoms with van der Waals surface area (Å²) < 4.78 is 5.36. The number of aliphatic hydroxyl groups is 1. The van der Waals surface area contributed by atoms with Crippen molar-refractivity contribution in [2.75, 3.05) is 30.0 Å². The summed E-state index contributed by atoms with van der Waals surface area (Å²) in [5.74, 6) is -0.544. The Labute approximate surface area is 190 Å². The molecule has 1 aliphatic heterocycles. The first kappa shape index (κ1) is 23.4. The van der Waals surface area contributed by atoms with Crippen molar-refractivity contribution >= 4 is 23.1 Å². The number of ketones is 1. The first-order chi connectivity index (χ1) is 15.3. The largest absolute Gasteiger partial charge is 0.503 e. The van der Waals surface area contributed by atoms with Crippen LogP contribution in [0.3, 0.4) is 0 Å². The van der Waals surface area contributed by atoms with Crippen LogP contribution in [0.1, 0.15) is 45.7 Å². The molecule has 2 aromatic rings. The molecule has 2 aromatic carbocycles. The van der Waals surface area contributed by atoms with Crippen LogP contribution in [0, 0.1) is 5.92 Å². The van der Waals surface area contributed by atoms with Crippen molar-refractivity contribution in [2.24, 2.45) is 5.92 Å². The molecule has 1 N–H and O–H groups in total. The van der Waals surface area contributed by atoms with Gasteiger partial charge in [-0.05, 0) is 61.7 Å². The van der Waals surface area contributed by atoms with E-state index in [1.807, 2.05) is 56.3 Å². The number of hydrogen-bond acceptors (Lipinski definition) is 5. The summed E-state index contributed by atoms with van der Waals surface area (Å²) in [7, 11) is 1.57. The summed E-state index contributed by atoms with van der Waals surface area (Å²) in [5, 5.41) is 10.8. The maximum Gasteiger partial charge on any atom is 0.294 e. The van der Waals surface area contributed by atoms with E-state index in [0.717, 1.165) is 18.8 Å². The molecule has 6 nitrogen and oxygen atoms in total. The summed E-state index contributed by atoms with van der Waals surface area (Å²) in [4.78, 5) is 30.0. The molecule has 0 saturated heterocycles. The molecule has 1 heterocycles. The molecule has 1 aliphatic rings. The van der Waals surface area contributed by atoms with Gasteiger partial charge in [0.2, 0.25) is 0 Å². The molecule has 0 bridgehead atoms. The van der Waals surface area contributed by atoms with Gasteiger partial charge in [0.05, 0.1) is 18.7 Å². The third kappa shape index (κ3) is 4.49. The lowest BCUT2D eigenvalue weighted by Crippen LogP contribution is -2.31. The Morgan fingerprint density at radius 1 is 1.12 bits per heavy atom. The van der Waals surface area contributed by atoms with E-state index in [4.69, 9.17) is 4.74 Å². The fourth-order valence-electron chi connectivity index (χ4n) is 4.18. The number of carbonyl (C=O) groups is 2. The number of benzene rings is 2. The minimum atomic E-state index is -0.719. The van der Waals surface area contributed by atoms with Crippen LogP contribution in [0.25, 0.3) is 0 Å².